The Bertz CT molecular complexity index is 573. The topological polar surface area (TPSA) is 26.0 Å². The zero-order valence-electron chi connectivity index (χ0n) is 11.0. The fourth-order valence-electron chi connectivity index (χ4n) is 2.10. The van der Waals surface area contributed by atoms with Crippen molar-refractivity contribution in [3.63, 3.8) is 0 Å². The Morgan fingerprint density at radius 2 is 1.67 bits per heavy atom. The van der Waals surface area contributed by atoms with Gasteiger partial charge in [0.05, 0.1) is 5.54 Å². The van der Waals surface area contributed by atoms with Gasteiger partial charge in [-0.3, -0.25) is 0 Å². The second-order valence-electron chi connectivity index (χ2n) is 4.98. The van der Waals surface area contributed by atoms with Gasteiger partial charge in [0.1, 0.15) is 0 Å². The molecule has 2 heteroatoms. The van der Waals surface area contributed by atoms with Gasteiger partial charge in [-0.2, -0.15) is 0 Å². The first-order valence-corrected chi connectivity index (χ1v) is 6.84. The molecular weight excluding hydrogens is 286 g/mol. The number of hydrogen-bond donors (Lipinski definition) is 1. The van der Waals surface area contributed by atoms with E-state index in [1.165, 1.54) is 11.1 Å². The molecule has 18 heavy (non-hydrogen) atoms. The summed E-state index contributed by atoms with van der Waals surface area (Å²) in [7, 11) is 0. The van der Waals surface area contributed by atoms with Crippen LogP contribution in [0.25, 0.3) is 0 Å². The van der Waals surface area contributed by atoms with E-state index in [-0.39, 0.29) is 0 Å². The van der Waals surface area contributed by atoms with Crippen molar-refractivity contribution in [1.29, 1.82) is 0 Å². The van der Waals surface area contributed by atoms with Crippen LogP contribution >= 0.6 is 15.9 Å². The van der Waals surface area contributed by atoms with E-state index in [2.05, 4.69) is 61.0 Å². The molecule has 2 aromatic rings. The lowest BCUT2D eigenvalue weighted by Gasteiger charge is -2.27. The highest BCUT2D eigenvalue weighted by Crippen LogP contribution is 2.32. The fraction of sp³-hybridized carbons (Fsp3) is 0.250. The van der Waals surface area contributed by atoms with Crippen LogP contribution in [-0.2, 0) is 5.54 Å². The number of halogens is 1. The molecule has 0 heterocycles. The summed E-state index contributed by atoms with van der Waals surface area (Å²) in [4.78, 5) is 0. The monoisotopic (exact) mass is 303 g/mol. The molecule has 0 spiro atoms. The lowest BCUT2D eigenvalue weighted by Crippen LogP contribution is -2.34. The Morgan fingerprint density at radius 3 is 2.28 bits per heavy atom. The van der Waals surface area contributed by atoms with Crippen LogP contribution in [0.15, 0.2) is 46.9 Å². The molecule has 1 atom stereocenters. The smallest absolute Gasteiger partial charge is 0.0648 e. The van der Waals surface area contributed by atoms with Crippen LogP contribution in [0.4, 0.5) is 0 Å². The molecule has 0 amide bonds. The largest absolute Gasteiger partial charge is 0.318 e. The van der Waals surface area contributed by atoms with E-state index in [0.717, 1.165) is 15.6 Å². The standard InChI is InChI=1S/C16H18BrN/c1-11-8-9-13(10-12(11)2)16(3,18)14-6-4-5-7-15(14)17/h4-10H,18H2,1-3H3. The zero-order valence-corrected chi connectivity index (χ0v) is 12.6. The quantitative estimate of drug-likeness (QED) is 0.880. The summed E-state index contributed by atoms with van der Waals surface area (Å²) in [6.07, 6.45) is 0. The predicted molar refractivity (Wildman–Crippen MR) is 80.7 cm³/mol. The van der Waals surface area contributed by atoms with Gasteiger partial charge < -0.3 is 5.73 Å². The van der Waals surface area contributed by atoms with Crippen molar-refractivity contribution in [2.24, 2.45) is 5.73 Å². The van der Waals surface area contributed by atoms with Gasteiger partial charge in [-0.1, -0.05) is 52.3 Å². The Kier molecular flexibility index (Phi) is 3.60. The first-order valence-electron chi connectivity index (χ1n) is 6.04. The van der Waals surface area contributed by atoms with Gasteiger partial charge in [0.25, 0.3) is 0 Å². The van der Waals surface area contributed by atoms with Crippen molar-refractivity contribution in [3.05, 3.63) is 69.2 Å². The number of hydrogen-bond acceptors (Lipinski definition) is 1. The number of aryl methyl sites for hydroxylation is 2. The van der Waals surface area contributed by atoms with Crippen LogP contribution in [-0.4, -0.2) is 0 Å². The minimum atomic E-state index is -0.488. The molecule has 2 rings (SSSR count). The summed E-state index contributed by atoms with van der Waals surface area (Å²) in [6, 6.07) is 14.5. The summed E-state index contributed by atoms with van der Waals surface area (Å²) in [6.45, 7) is 6.29. The average Bonchev–Trinajstić information content (AvgIpc) is 2.33. The van der Waals surface area contributed by atoms with Gasteiger partial charge in [-0.05, 0) is 49.1 Å². The van der Waals surface area contributed by atoms with Crippen LogP contribution < -0.4 is 5.73 Å². The van der Waals surface area contributed by atoms with Crippen molar-refractivity contribution >= 4 is 15.9 Å². The highest BCUT2D eigenvalue weighted by Gasteiger charge is 2.25. The maximum absolute atomic E-state index is 6.55. The summed E-state index contributed by atoms with van der Waals surface area (Å²) >= 11 is 3.58. The van der Waals surface area contributed by atoms with Gasteiger partial charge in [0.15, 0.2) is 0 Å². The molecule has 1 unspecified atom stereocenters. The highest BCUT2D eigenvalue weighted by molar-refractivity contribution is 9.10. The molecule has 2 aromatic carbocycles. The lowest BCUT2D eigenvalue weighted by molar-refractivity contribution is 0.599. The highest BCUT2D eigenvalue weighted by atomic mass is 79.9. The molecule has 0 radical (unpaired) electrons. The summed E-state index contributed by atoms with van der Waals surface area (Å²) < 4.78 is 1.05. The van der Waals surface area contributed by atoms with Crippen LogP contribution in [0, 0.1) is 13.8 Å². The normalized spacial score (nSPS) is 14.3. The molecule has 1 nitrogen and oxygen atoms in total. The number of nitrogens with two attached hydrogens (primary N) is 1. The average molecular weight is 304 g/mol. The van der Waals surface area contributed by atoms with Gasteiger partial charge in [-0.25, -0.2) is 0 Å². The second-order valence-corrected chi connectivity index (χ2v) is 5.84. The maximum atomic E-state index is 6.55. The minimum Gasteiger partial charge on any atom is -0.318 e. The summed E-state index contributed by atoms with van der Waals surface area (Å²) in [5.74, 6) is 0. The molecule has 0 saturated heterocycles. The Morgan fingerprint density at radius 1 is 1.00 bits per heavy atom. The molecule has 0 aliphatic heterocycles. The second kappa shape index (κ2) is 4.87. The van der Waals surface area contributed by atoms with Crippen molar-refractivity contribution in [2.45, 2.75) is 26.3 Å². The SMILES string of the molecule is Cc1ccc(C(C)(N)c2ccccc2Br)cc1C. The van der Waals surface area contributed by atoms with E-state index in [4.69, 9.17) is 5.73 Å². The molecular formula is C16H18BrN. The van der Waals surface area contributed by atoms with Crippen molar-refractivity contribution in [3.8, 4) is 0 Å². The fourth-order valence-corrected chi connectivity index (χ4v) is 2.80. The molecule has 0 fully saturated rings. The van der Waals surface area contributed by atoms with E-state index in [9.17, 15) is 0 Å². The Labute approximate surface area is 117 Å². The minimum absolute atomic E-state index is 0.488. The number of rotatable bonds is 2. The zero-order chi connectivity index (χ0) is 13.3. The van der Waals surface area contributed by atoms with Crippen LogP contribution in [0.5, 0.6) is 0 Å². The van der Waals surface area contributed by atoms with Crippen LogP contribution in [0.1, 0.15) is 29.2 Å². The van der Waals surface area contributed by atoms with E-state index in [0.29, 0.717) is 0 Å². The van der Waals surface area contributed by atoms with Crippen molar-refractivity contribution < 1.29 is 0 Å². The van der Waals surface area contributed by atoms with Gasteiger partial charge >= 0.3 is 0 Å². The Hall–Kier alpha value is -1.12. The van der Waals surface area contributed by atoms with Gasteiger partial charge in [0.2, 0.25) is 0 Å². The maximum Gasteiger partial charge on any atom is 0.0648 e. The first-order chi connectivity index (χ1) is 8.43. The van der Waals surface area contributed by atoms with Gasteiger partial charge in [0, 0.05) is 4.47 Å². The summed E-state index contributed by atoms with van der Waals surface area (Å²) in [5.41, 5.74) is 10.9. The molecule has 2 N–H and O–H groups in total. The van der Waals surface area contributed by atoms with E-state index in [1.807, 2.05) is 18.2 Å². The molecule has 94 valence electrons. The summed E-state index contributed by atoms with van der Waals surface area (Å²) in [5, 5.41) is 0. The van der Waals surface area contributed by atoms with Crippen LogP contribution in [0.3, 0.4) is 0 Å². The third-order valence-electron chi connectivity index (χ3n) is 3.54. The number of benzene rings is 2. The Balaban J connectivity index is 2.54. The van der Waals surface area contributed by atoms with Crippen molar-refractivity contribution in [1.82, 2.24) is 0 Å². The van der Waals surface area contributed by atoms with E-state index < -0.39 is 5.54 Å². The third-order valence-corrected chi connectivity index (χ3v) is 4.23. The van der Waals surface area contributed by atoms with Gasteiger partial charge in [-0.15, -0.1) is 0 Å². The molecule has 0 aliphatic rings. The van der Waals surface area contributed by atoms with E-state index in [1.54, 1.807) is 0 Å². The van der Waals surface area contributed by atoms with Crippen molar-refractivity contribution in [2.75, 3.05) is 0 Å². The first kappa shape index (κ1) is 13.3. The molecule has 0 aliphatic carbocycles. The molecule has 0 saturated carbocycles. The molecule has 0 aromatic heterocycles. The van der Waals surface area contributed by atoms with E-state index >= 15 is 0 Å². The predicted octanol–water partition coefficient (Wildman–Crippen LogP) is 4.29. The molecule has 0 bridgehead atoms. The third kappa shape index (κ3) is 2.36. The lowest BCUT2D eigenvalue weighted by atomic mass is 9.84. The van der Waals surface area contributed by atoms with Crippen LogP contribution in [0.2, 0.25) is 0 Å².